The van der Waals surface area contributed by atoms with Crippen molar-refractivity contribution in [3.63, 3.8) is 0 Å². The molecule has 0 amide bonds. The Morgan fingerprint density at radius 1 is 1.19 bits per heavy atom. The van der Waals surface area contributed by atoms with Crippen LogP contribution in [0.4, 0.5) is 0 Å². The van der Waals surface area contributed by atoms with E-state index in [4.69, 9.17) is 0 Å². The zero-order valence-electron chi connectivity index (χ0n) is 12.7. The van der Waals surface area contributed by atoms with E-state index in [-0.39, 0.29) is 0 Å². The van der Waals surface area contributed by atoms with Crippen LogP contribution in [0.15, 0.2) is 47.2 Å². The van der Waals surface area contributed by atoms with E-state index in [1.165, 1.54) is 17.5 Å². The Morgan fingerprint density at radius 2 is 2.05 bits per heavy atom. The highest BCUT2D eigenvalue weighted by Crippen LogP contribution is 2.17. The molecule has 2 heterocycles. The minimum Gasteiger partial charge on any atom is -0.312 e. The summed E-state index contributed by atoms with van der Waals surface area (Å²) in [6.45, 7) is 5.70. The SMILES string of the molecule is CC1CCNC(Cc2ccccc2)CN1Cc1ccsc1. The van der Waals surface area contributed by atoms with Crippen molar-refractivity contribution in [3.05, 3.63) is 58.3 Å². The lowest BCUT2D eigenvalue weighted by Crippen LogP contribution is -2.40. The first-order valence-electron chi connectivity index (χ1n) is 7.83. The number of nitrogens with one attached hydrogen (secondary N) is 1. The van der Waals surface area contributed by atoms with E-state index < -0.39 is 0 Å². The molecule has 1 aromatic carbocycles. The van der Waals surface area contributed by atoms with Crippen LogP contribution in [0.3, 0.4) is 0 Å². The van der Waals surface area contributed by atoms with E-state index in [1.807, 2.05) is 0 Å². The third-order valence-electron chi connectivity index (χ3n) is 4.36. The van der Waals surface area contributed by atoms with Gasteiger partial charge in [0.15, 0.2) is 0 Å². The molecule has 1 aliphatic heterocycles. The lowest BCUT2D eigenvalue weighted by Gasteiger charge is -2.28. The van der Waals surface area contributed by atoms with E-state index >= 15 is 0 Å². The van der Waals surface area contributed by atoms with Crippen LogP contribution < -0.4 is 5.32 Å². The molecule has 0 radical (unpaired) electrons. The highest BCUT2D eigenvalue weighted by molar-refractivity contribution is 7.07. The fraction of sp³-hybridized carbons (Fsp3) is 0.444. The lowest BCUT2D eigenvalue weighted by atomic mass is 10.1. The molecule has 1 aromatic heterocycles. The van der Waals surface area contributed by atoms with E-state index in [2.05, 4.69) is 64.3 Å². The quantitative estimate of drug-likeness (QED) is 0.929. The monoisotopic (exact) mass is 300 g/mol. The van der Waals surface area contributed by atoms with Gasteiger partial charge in [-0.25, -0.2) is 0 Å². The predicted molar refractivity (Wildman–Crippen MR) is 90.7 cm³/mol. The summed E-state index contributed by atoms with van der Waals surface area (Å²) < 4.78 is 0. The van der Waals surface area contributed by atoms with Gasteiger partial charge >= 0.3 is 0 Å². The van der Waals surface area contributed by atoms with Crippen molar-refractivity contribution in [2.75, 3.05) is 13.1 Å². The molecule has 112 valence electrons. The average Bonchev–Trinajstić information content (AvgIpc) is 2.94. The molecule has 1 aliphatic rings. The molecule has 1 saturated heterocycles. The molecule has 2 atom stereocenters. The van der Waals surface area contributed by atoms with Crippen molar-refractivity contribution >= 4 is 11.3 Å². The molecule has 0 bridgehead atoms. The van der Waals surface area contributed by atoms with E-state index in [0.29, 0.717) is 12.1 Å². The molecule has 1 fully saturated rings. The first kappa shape index (κ1) is 14.8. The molecular weight excluding hydrogens is 276 g/mol. The normalized spacial score (nSPS) is 23.9. The van der Waals surface area contributed by atoms with Crippen LogP contribution in [0.1, 0.15) is 24.5 Å². The molecule has 0 spiro atoms. The Labute approximate surface area is 131 Å². The van der Waals surface area contributed by atoms with Crippen molar-refractivity contribution in [1.29, 1.82) is 0 Å². The van der Waals surface area contributed by atoms with E-state index in [0.717, 1.165) is 26.1 Å². The largest absolute Gasteiger partial charge is 0.312 e. The Balaban J connectivity index is 1.65. The predicted octanol–water partition coefficient (Wildman–Crippen LogP) is 3.54. The van der Waals surface area contributed by atoms with Crippen molar-refractivity contribution in [3.8, 4) is 0 Å². The minimum atomic E-state index is 0.552. The molecule has 21 heavy (non-hydrogen) atoms. The van der Waals surface area contributed by atoms with Crippen molar-refractivity contribution < 1.29 is 0 Å². The fourth-order valence-electron chi connectivity index (χ4n) is 3.08. The second-order valence-electron chi connectivity index (χ2n) is 6.04. The maximum atomic E-state index is 3.73. The van der Waals surface area contributed by atoms with Gasteiger partial charge in [0.2, 0.25) is 0 Å². The van der Waals surface area contributed by atoms with Crippen LogP contribution in [0.5, 0.6) is 0 Å². The number of nitrogens with zero attached hydrogens (tertiary/aromatic N) is 1. The summed E-state index contributed by atoms with van der Waals surface area (Å²) in [5, 5.41) is 8.18. The van der Waals surface area contributed by atoms with E-state index in [9.17, 15) is 0 Å². The van der Waals surface area contributed by atoms with Crippen LogP contribution >= 0.6 is 11.3 Å². The number of rotatable bonds is 4. The van der Waals surface area contributed by atoms with Crippen molar-refractivity contribution in [2.45, 2.75) is 38.4 Å². The zero-order chi connectivity index (χ0) is 14.5. The third-order valence-corrected chi connectivity index (χ3v) is 5.10. The molecule has 0 saturated carbocycles. The second-order valence-corrected chi connectivity index (χ2v) is 6.82. The molecule has 3 rings (SSSR count). The standard InChI is InChI=1S/C18H24N2S/c1-15-7-9-19-18(11-16-5-3-2-4-6-16)13-20(15)12-17-8-10-21-14-17/h2-6,8,10,14-15,18-19H,7,9,11-13H2,1H3. The summed E-state index contributed by atoms with van der Waals surface area (Å²) in [6.07, 6.45) is 2.35. The Kier molecular flexibility index (Phi) is 5.07. The fourth-order valence-corrected chi connectivity index (χ4v) is 3.74. The summed E-state index contributed by atoms with van der Waals surface area (Å²) in [7, 11) is 0. The molecule has 2 aromatic rings. The van der Waals surface area contributed by atoms with Gasteiger partial charge in [-0.15, -0.1) is 0 Å². The van der Waals surface area contributed by atoms with E-state index in [1.54, 1.807) is 11.3 Å². The highest BCUT2D eigenvalue weighted by Gasteiger charge is 2.23. The van der Waals surface area contributed by atoms with Gasteiger partial charge in [0, 0.05) is 25.2 Å². The summed E-state index contributed by atoms with van der Waals surface area (Å²) >= 11 is 1.80. The van der Waals surface area contributed by atoms with Crippen LogP contribution in [0, 0.1) is 0 Å². The van der Waals surface area contributed by atoms with Crippen LogP contribution in [-0.2, 0) is 13.0 Å². The first-order valence-corrected chi connectivity index (χ1v) is 8.78. The smallest absolute Gasteiger partial charge is 0.0245 e. The van der Waals surface area contributed by atoms with Gasteiger partial charge in [0.25, 0.3) is 0 Å². The first-order chi connectivity index (χ1) is 10.3. The number of hydrogen-bond acceptors (Lipinski definition) is 3. The van der Waals surface area contributed by atoms with Crippen LogP contribution in [0.25, 0.3) is 0 Å². The molecule has 3 heteroatoms. The molecule has 1 N–H and O–H groups in total. The third kappa shape index (κ3) is 4.16. The van der Waals surface area contributed by atoms with Gasteiger partial charge in [0.05, 0.1) is 0 Å². The number of benzene rings is 1. The molecule has 0 aliphatic carbocycles. The van der Waals surface area contributed by atoms with Crippen LogP contribution in [0.2, 0.25) is 0 Å². The lowest BCUT2D eigenvalue weighted by molar-refractivity contribution is 0.195. The van der Waals surface area contributed by atoms with Gasteiger partial charge in [-0.05, 0) is 54.3 Å². The minimum absolute atomic E-state index is 0.552. The maximum absolute atomic E-state index is 3.73. The van der Waals surface area contributed by atoms with Crippen LogP contribution in [-0.4, -0.2) is 30.1 Å². The van der Waals surface area contributed by atoms with Gasteiger partial charge < -0.3 is 5.32 Å². The Hall–Kier alpha value is -1.16. The number of thiophene rings is 1. The summed E-state index contributed by atoms with van der Waals surface area (Å²) in [5.74, 6) is 0. The van der Waals surface area contributed by atoms with Gasteiger partial charge in [-0.1, -0.05) is 30.3 Å². The highest BCUT2D eigenvalue weighted by atomic mass is 32.1. The zero-order valence-corrected chi connectivity index (χ0v) is 13.5. The average molecular weight is 300 g/mol. The molecule has 2 unspecified atom stereocenters. The summed E-state index contributed by atoms with van der Waals surface area (Å²) in [6, 6.07) is 14.3. The van der Waals surface area contributed by atoms with Crippen molar-refractivity contribution in [1.82, 2.24) is 10.2 Å². The molecule has 2 nitrogen and oxygen atoms in total. The van der Waals surface area contributed by atoms with Gasteiger partial charge in [-0.3, -0.25) is 4.90 Å². The Bertz CT molecular complexity index is 523. The maximum Gasteiger partial charge on any atom is 0.0245 e. The van der Waals surface area contributed by atoms with Crippen molar-refractivity contribution in [2.24, 2.45) is 0 Å². The summed E-state index contributed by atoms with van der Waals surface area (Å²) in [4.78, 5) is 2.63. The van der Waals surface area contributed by atoms with Gasteiger partial charge in [-0.2, -0.15) is 11.3 Å². The summed E-state index contributed by atoms with van der Waals surface area (Å²) in [5.41, 5.74) is 2.88. The molecular formula is C18H24N2S. The van der Waals surface area contributed by atoms with Gasteiger partial charge in [0.1, 0.15) is 0 Å². The number of hydrogen-bond donors (Lipinski definition) is 1. The topological polar surface area (TPSA) is 15.3 Å². The second kappa shape index (κ2) is 7.21. The Morgan fingerprint density at radius 3 is 2.81 bits per heavy atom.